The van der Waals surface area contributed by atoms with Crippen LogP contribution in [0, 0.1) is 0 Å². The largest absolute Gasteiger partial charge is 0.359 e. The van der Waals surface area contributed by atoms with Gasteiger partial charge in [-0.05, 0) is 34.9 Å². The van der Waals surface area contributed by atoms with E-state index < -0.39 is 14.3 Å². The second kappa shape index (κ2) is 10.2. The number of hydrogen-bond donors (Lipinski definition) is 1. The van der Waals surface area contributed by atoms with Crippen molar-refractivity contribution < 1.29 is 9.36 Å². The molecule has 4 aromatic carbocycles. The monoisotopic (exact) mass is 472 g/mol. The summed E-state index contributed by atoms with van der Waals surface area (Å²) >= 11 is 0. The van der Waals surface area contributed by atoms with Crippen LogP contribution in [-0.2, 0) is 9.36 Å². The molecule has 1 N–H and O–H groups in total. The molecule has 0 aliphatic rings. The van der Waals surface area contributed by atoms with Crippen LogP contribution >= 0.6 is 14.3 Å². The van der Waals surface area contributed by atoms with Gasteiger partial charge in [-0.2, -0.15) is 0 Å². The lowest BCUT2D eigenvalue weighted by molar-refractivity contribution is -0.118. The normalized spacial score (nSPS) is 11.5. The van der Waals surface area contributed by atoms with Crippen LogP contribution in [0.15, 0.2) is 126 Å². The molecule has 0 radical (unpaired) electrons. The first-order chi connectivity index (χ1) is 16.1. The van der Waals surface area contributed by atoms with Gasteiger partial charge in [0.15, 0.2) is 0 Å². The first kappa shape index (κ1) is 23.0. The highest BCUT2D eigenvalue weighted by atomic mass is 31.2. The molecular weight excluding hydrogens is 446 g/mol. The Morgan fingerprint density at radius 3 is 1.30 bits per heavy atom. The Bertz CT molecular complexity index is 1220. The van der Waals surface area contributed by atoms with Gasteiger partial charge >= 0.3 is 0 Å². The van der Waals surface area contributed by atoms with Crippen molar-refractivity contribution in [3.8, 4) is 0 Å². The molecule has 0 atom stereocenters. The zero-order chi connectivity index (χ0) is 23.2. The Labute approximate surface area is 195 Å². The molecule has 6 heteroatoms. The number of benzene rings is 4. The molecule has 0 bridgehead atoms. The lowest BCUT2D eigenvalue weighted by atomic mass is 10.4. The van der Waals surface area contributed by atoms with Gasteiger partial charge < -0.3 is 5.32 Å². The van der Waals surface area contributed by atoms with Gasteiger partial charge in [-0.3, -0.25) is 9.36 Å². The second-order valence-corrected chi connectivity index (χ2v) is 13.4. The quantitative estimate of drug-likeness (QED) is 0.403. The number of nitrogens with one attached hydrogen (secondary N) is 1. The minimum Gasteiger partial charge on any atom is -0.359 e. The number of carbonyl (C=O) groups is 1. The molecule has 33 heavy (non-hydrogen) atoms. The summed E-state index contributed by atoms with van der Waals surface area (Å²) in [5.41, 5.74) is 0. The zero-order valence-electron chi connectivity index (χ0n) is 18.4. The summed E-state index contributed by atoms with van der Waals surface area (Å²) in [7, 11) is -4.60. The molecular formula is C27H26N2O2P2. The molecule has 0 fully saturated rings. The van der Waals surface area contributed by atoms with E-state index in [1.54, 1.807) is 7.05 Å². The van der Waals surface area contributed by atoms with E-state index in [2.05, 4.69) is 5.32 Å². The SMILES string of the molecule is CNC(=O)CP(=NP(=O)(c1ccccc1)c1ccccc1)(c1ccccc1)c1ccccc1. The summed E-state index contributed by atoms with van der Waals surface area (Å²) in [6.07, 6.45) is 0.140. The highest BCUT2D eigenvalue weighted by Crippen LogP contribution is 2.59. The first-order valence-electron chi connectivity index (χ1n) is 10.7. The van der Waals surface area contributed by atoms with Crippen LogP contribution in [0.25, 0.3) is 0 Å². The maximum absolute atomic E-state index is 15.0. The van der Waals surface area contributed by atoms with Crippen LogP contribution in [0.4, 0.5) is 0 Å². The number of hydrogen-bond acceptors (Lipinski definition) is 2. The van der Waals surface area contributed by atoms with Crippen molar-refractivity contribution >= 4 is 41.5 Å². The van der Waals surface area contributed by atoms with Gasteiger partial charge in [0, 0.05) is 24.7 Å². The Hall–Kier alpha value is -3.19. The fourth-order valence-corrected chi connectivity index (χ4v) is 11.5. The molecule has 0 saturated carbocycles. The topological polar surface area (TPSA) is 58.5 Å². The van der Waals surface area contributed by atoms with E-state index in [0.717, 1.165) is 10.6 Å². The van der Waals surface area contributed by atoms with Crippen LogP contribution in [-0.4, -0.2) is 19.1 Å². The van der Waals surface area contributed by atoms with Crippen molar-refractivity contribution in [1.29, 1.82) is 0 Å². The summed E-state index contributed by atoms with van der Waals surface area (Å²) in [4.78, 5) is 12.9. The van der Waals surface area contributed by atoms with E-state index in [0.29, 0.717) is 10.6 Å². The third-order valence-electron chi connectivity index (χ3n) is 5.51. The molecule has 0 unspecified atom stereocenters. The third-order valence-corrected chi connectivity index (χ3v) is 12.8. The standard InChI is InChI=1S/C27H26N2O2P2/c1-28-27(30)22-32(23-14-6-2-7-15-23,24-16-8-3-9-17-24)29-33(31,25-18-10-4-11-19-25)26-20-12-5-13-21-26/h2-21H,22H2,1H3,(H,28,30). The molecule has 4 aromatic rings. The molecule has 0 spiro atoms. The summed E-state index contributed by atoms with van der Waals surface area (Å²) in [6, 6.07) is 38.4. The van der Waals surface area contributed by atoms with Crippen molar-refractivity contribution in [2.75, 3.05) is 13.2 Å². The maximum atomic E-state index is 15.0. The molecule has 4 rings (SSSR count). The van der Waals surface area contributed by atoms with Gasteiger partial charge in [0.2, 0.25) is 13.2 Å². The van der Waals surface area contributed by atoms with E-state index >= 15 is 0 Å². The number of rotatable bonds is 7. The summed E-state index contributed by atoms with van der Waals surface area (Å²) < 4.78 is 20.3. The Kier molecular flexibility index (Phi) is 7.08. The lowest BCUT2D eigenvalue weighted by Gasteiger charge is -2.28. The average Bonchev–Trinajstić information content (AvgIpc) is 2.90. The predicted molar refractivity (Wildman–Crippen MR) is 140 cm³/mol. The lowest BCUT2D eigenvalue weighted by Crippen LogP contribution is -2.29. The molecule has 0 aromatic heterocycles. The molecule has 0 aliphatic carbocycles. The van der Waals surface area contributed by atoms with Crippen LogP contribution in [0.2, 0.25) is 0 Å². The van der Waals surface area contributed by atoms with Gasteiger partial charge in [0.25, 0.3) is 0 Å². The fraction of sp³-hybridized carbons (Fsp3) is 0.0741. The Morgan fingerprint density at radius 1 is 0.636 bits per heavy atom. The first-order valence-corrected chi connectivity index (χ1v) is 14.3. The van der Waals surface area contributed by atoms with E-state index in [1.165, 1.54) is 0 Å². The van der Waals surface area contributed by atoms with E-state index in [9.17, 15) is 9.36 Å². The van der Waals surface area contributed by atoms with Gasteiger partial charge in [-0.25, -0.2) is 4.52 Å². The molecule has 1 amide bonds. The van der Waals surface area contributed by atoms with E-state index in [-0.39, 0.29) is 12.1 Å². The summed E-state index contributed by atoms with van der Waals surface area (Å²) in [6.45, 7) is 0. The van der Waals surface area contributed by atoms with Crippen LogP contribution in [0.1, 0.15) is 0 Å². The van der Waals surface area contributed by atoms with E-state index in [4.69, 9.17) is 4.52 Å². The van der Waals surface area contributed by atoms with Crippen molar-refractivity contribution in [1.82, 2.24) is 5.32 Å². The molecule has 0 heterocycles. The maximum Gasteiger partial charge on any atom is 0.246 e. The average molecular weight is 472 g/mol. The molecule has 4 nitrogen and oxygen atoms in total. The summed E-state index contributed by atoms with van der Waals surface area (Å²) in [5, 5.41) is 5.92. The number of carbonyl (C=O) groups excluding carboxylic acids is 1. The van der Waals surface area contributed by atoms with Gasteiger partial charge in [-0.1, -0.05) is 97.1 Å². The van der Waals surface area contributed by atoms with Gasteiger partial charge in [-0.15, -0.1) is 0 Å². The van der Waals surface area contributed by atoms with Crippen molar-refractivity contribution in [2.24, 2.45) is 4.52 Å². The highest BCUT2D eigenvalue weighted by Gasteiger charge is 2.35. The smallest absolute Gasteiger partial charge is 0.246 e. The summed E-state index contributed by atoms with van der Waals surface area (Å²) in [5.74, 6) is -0.132. The highest BCUT2D eigenvalue weighted by molar-refractivity contribution is 7.90. The van der Waals surface area contributed by atoms with Crippen molar-refractivity contribution in [3.05, 3.63) is 121 Å². The molecule has 166 valence electrons. The Balaban J connectivity index is 2.14. The molecule has 0 saturated heterocycles. The number of nitrogens with zero attached hydrogens (tertiary/aromatic N) is 1. The van der Waals surface area contributed by atoms with Crippen LogP contribution < -0.4 is 26.5 Å². The van der Waals surface area contributed by atoms with Crippen LogP contribution in [0.5, 0.6) is 0 Å². The Morgan fingerprint density at radius 2 is 0.970 bits per heavy atom. The molecule has 0 aliphatic heterocycles. The minimum atomic E-state index is -3.45. The van der Waals surface area contributed by atoms with Gasteiger partial charge in [0.05, 0.1) is 6.16 Å². The number of amides is 1. The predicted octanol–water partition coefficient (Wildman–Crippen LogP) is 4.51. The second-order valence-electron chi connectivity index (χ2n) is 7.61. The van der Waals surface area contributed by atoms with Crippen molar-refractivity contribution in [3.63, 3.8) is 0 Å². The van der Waals surface area contributed by atoms with Crippen molar-refractivity contribution in [2.45, 2.75) is 0 Å². The third kappa shape index (κ3) is 4.78. The fourth-order valence-electron chi connectivity index (χ4n) is 3.83. The minimum absolute atomic E-state index is 0.132. The zero-order valence-corrected chi connectivity index (χ0v) is 20.2. The van der Waals surface area contributed by atoms with E-state index in [1.807, 2.05) is 121 Å². The van der Waals surface area contributed by atoms with Gasteiger partial charge in [0.1, 0.15) is 0 Å². The van der Waals surface area contributed by atoms with Crippen LogP contribution in [0.3, 0.4) is 0 Å².